The minimum Gasteiger partial charge on any atom is -0.495 e. The van der Waals surface area contributed by atoms with Gasteiger partial charge < -0.3 is 24.8 Å². The lowest BCUT2D eigenvalue weighted by Crippen LogP contribution is -2.34. The molecule has 3 rings (SSSR count). The van der Waals surface area contributed by atoms with E-state index in [-0.39, 0.29) is 12.5 Å². The molecule has 1 aliphatic heterocycles. The van der Waals surface area contributed by atoms with Gasteiger partial charge in [-0.2, -0.15) is 0 Å². The van der Waals surface area contributed by atoms with Crippen LogP contribution in [-0.2, 0) is 27.7 Å². The van der Waals surface area contributed by atoms with Crippen LogP contribution in [-0.4, -0.2) is 70.5 Å². The zero-order valence-electron chi connectivity index (χ0n) is 19.1. The number of hydrogen-bond donors (Lipinski definition) is 3. The third-order valence-electron chi connectivity index (χ3n) is 5.31. The number of hydrogen-bond acceptors (Lipinski definition) is 7. The van der Waals surface area contributed by atoms with E-state index < -0.39 is 16.1 Å². The summed E-state index contributed by atoms with van der Waals surface area (Å²) in [5.41, 5.74) is 3.11. The first-order chi connectivity index (χ1) is 15.6. The number of likely N-dealkylation sites (N-methyl/N-ethyl adjacent to an activating group) is 1. The van der Waals surface area contributed by atoms with Crippen LogP contribution in [0.5, 0.6) is 11.5 Å². The Morgan fingerprint density at radius 1 is 1.15 bits per heavy atom. The molecule has 180 valence electrons. The number of anilines is 2. The first-order valence-corrected chi connectivity index (χ1v) is 12.6. The molecule has 33 heavy (non-hydrogen) atoms. The second-order valence-electron chi connectivity index (χ2n) is 8.22. The molecule has 10 heteroatoms. The average molecular weight is 478 g/mol. The van der Waals surface area contributed by atoms with Crippen LogP contribution in [0, 0.1) is 0 Å². The summed E-state index contributed by atoms with van der Waals surface area (Å²) < 4.78 is 36.2. The van der Waals surface area contributed by atoms with Gasteiger partial charge in [-0.3, -0.25) is 9.52 Å². The molecular weight excluding hydrogens is 446 g/mol. The standard InChI is InChI=1S/C23H31N3O6S/c1-26(13-12-16-4-6-17(7-5-16)25-33(3,29)30)14-18(27)15-32-20-9-10-21(31-2)23-19(20)8-11-22(28)24-23/h4-7,9-10,18,25,27H,8,11-15H2,1-3H3,(H,24,28)/t18-/m1/s1. The van der Waals surface area contributed by atoms with Gasteiger partial charge in [0.05, 0.1) is 19.1 Å². The second-order valence-corrected chi connectivity index (χ2v) is 9.96. The van der Waals surface area contributed by atoms with Crippen LogP contribution in [0.4, 0.5) is 11.4 Å². The molecule has 0 saturated carbocycles. The summed E-state index contributed by atoms with van der Waals surface area (Å²) in [6, 6.07) is 10.8. The van der Waals surface area contributed by atoms with Crippen molar-refractivity contribution in [2.24, 2.45) is 0 Å². The molecule has 1 amide bonds. The number of benzene rings is 2. The molecule has 1 atom stereocenters. The molecule has 0 fully saturated rings. The highest BCUT2D eigenvalue weighted by atomic mass is 32.2. The van der Waals surface area contributed by atoms with E-state index in [4.69, 9.17) is 9.47 Å². The number of carbonyl (C=O) groups is 1. The maximum Gasteiger partial charge on any atom is 0.229 e. The van der Waals surface area contributed by atoms with Crippen molar-refractivity contribution < 1.29 is 27.8 Å². The van der Waals surface area contributed by atoms with Gasteiger partial charge in [0.2, 0.25) is 15.9 Å². The Morgan fingerprint density at radius 2 is 1.85 bits per heavy atom. The van der Waals surface area contributed by atoms with Crippen molar-refractivity contribution in [2.75, 3.05) is 50.1 Å². The van der Waals surface area contributed by atoms with Gasteiger partial charge in [-0.05, 0) is 49.7 Å². The molecule has 9 nitrogen and oxygen atoms in total. The van der Waals surface area contributed by atoms with Crippen molar-refractivity contribution in [3.8, 4) is 11.5 Å². The Balaban J connectivity index is 1.48. The maximum atomic E-state index is 11.7. The molecular formula is C23H31N3O6S. The number of amides is 1. The van der Waals surface area contributed by atoms with Crippen LogP contribution in [0.25, 0.3) is 0 Å². The Bertz CT molecular complexity index is 1070. The van der Waals surface area contributed by atoms with Crippen LogP contribution in [0.1, 0.15) is 17.5 Å². The minimum atomic E-state index is -3.29. The third kappa shape index (κ3) is 7.34. The Kier molecular flexibility index (Phi) is 8.17. The summed E-state index contributed by atoms with van der Waals surface area (Å²) in [6.45, 7) is 1.28. The second kappa shape index (κ2) is 10.9. The highest BCUT2D eigenvalue weighted by molar-refractivity contribution is 7.92. The number of nitrogens with zero attached hydrogens (tertiary/aromatic N) is 1. The number of aliphatic hydroxyl groups excluding tert-OH is 1. The molecule has 2 aromatic rings. The molecule has 0 unspecified atom stereocenters. The molecule has 0 saturated heterocycles. The van der Waals surface area contributed by atoms with Gasteiger partial charge in [-0.15, -0.1) is 0 Å². The first kappa shape index (κ1) is 24.8. The molecule has 0 aliphatic carbocycles. The molecule has 2 aromatic carbocycles. The van der Waals surface area contributed by atoms with Gasteiger partial charge in [0.25, 0.3) is 0 Å². The van der Waals surface area contributed by atoms with Gasteiger partial charge in [0.15, 0.2) is 0 Å². The van der Waals surface area contributed by atoms with E-state index >= 15 is 0 Å². The molecule has 0 bridgehead atoms. The highest BCUT2D eigenvalue weighted by Gasteiger charge is 2.23. The molecule has 1 heterocycles. The largest absolute Gasteiger partial charge is 0.495 e. The lowest BCUT2D eigenvalue weighted by molar-refractivity contribution is -0.116. The third-order valence-corrected chi connectivity index (χ3v) is 5.92. The summed E-state index contributed by atoms with van der Waals surface area (Å²) in [5.74, 6) is 1.17. The van der Waals surface area contributed by atoms with Crippen LogP contribution < -0.4 is 19.5 Å². The number of carbonyl (C=O) groups excluding carboxylic acids is 1. The SMILES string of the molecule is COc1ccc(OC[C@H](O)CN(C)CCc2ccc(NS(C)(=O)=O)cc2)c2c1NC(=O)CC2. The average Bonchev–Trinajstić information content (AvgIpc) is 2.75. The number of rotatable bonds is 11. The number of aliphatic hydroxyl groups is 1. The summed E-state index contributed by atoms with van der Waals surface area (Å²) >= 11 is 0. The molecule has 3 N–H and O–H groups in total. The van der Waals surface area contributed by atoms with Crippen molar-refractivity contribution >= 4 is 27.3 Å². The van der Waals surface area contributed by atoms with Crippen molar-refractivity contribution in [3.63, 3.8) is 0 Å². The van der Waals surface area contributed by atoms with Gasteiger partial charge in [-0.25, -0.2) is 8.42 Å². The summed E-state index contributed by atoms with van der Waals surface area (Å²) in [4.78, 5) is 13.8. The number of ether oxygens (including phenoxy) is 2. The van der Waals surface area contributed by atoms with Gasteiger partial charge >= 0.3 is 0 Å². The molecule has 1 aliphatic rings. The van der Waals surface area contributed by atoms with Crippen LogP contribution in [0.3, 0.4) is 0 Å². The van der Waals surface area contributed by atoms with E-state index in [0.717, 1.165) is 30.3 Å². The van der Waals surface area contributed by atoms with Gasteiger partial charge in [0.1, 0.15) is 24.2 Å². The lowest BCUT2D eigenvalue weighted by atomic mass is 10.0. The lowest BCUT2D eigenvalue weighted by Gasteiger charge is -2.24. The number of sulfonamides is 1. The van der Waals surface area contributed by atoms with E-state index in [9.17, 15) is 18.3 Å². The Labute approximate surface area is 194 Å². The molecule has 0 spiro atoms. The monoisotopic (exact) mass is 477 g/mol. The minimum absolute atomic E-state index is 0.0547. The number of fused-ring (bicyclic) bond motifs is 1. The van der Waals surface area contributed by atoms with Crippen LogP contribution in [0.2, 0.25) is 0 Å². The van der Waals surface area contributed by atoms with E-state index in [1.165, 1.54) is 0 Å². The summed E-state index contributed by atoms with van der Waals surface area (Å²) in [5, 5.41) is 13.3. The zero-order valence-corrected chi connectivity index (χ0v) is 19.9. The predicted octanol–water partition coefficient (Wildman–Crippen LogP) is 1.87. The smallest absolute Gasteiger partial charge is 0.229 e. The number of methoxy groups -OCH3 is 1. The van der Waals surface area contributed by atoms with Crippen LogP contribution in [0.15, 0.2) is 36.4 Å². The van der Waals surface area contributed by atoms with E-state index in [0.29, 0.717) is 42.3 Å². The fraction of sp³-hybridized carbons (Fsp3) is 0.435. The molecule has 0 aromatic heterocycles. The number of nitrogens with one attached hydrogen (secondary N) is 2. The fourth-order valence-corrected chi connectivity index (χ4v) is 4.27. The Hall–Kier alpha value is -2.82. The van der Waals surface area contributed by atoms with Gasteiger partial charge in [-0.1, -0.05) is 12.1 Å². The fourth-order valence-electron chi connectivity index (χ4n) is 3.70. The highest BCUT2D eigenvalue weighted by Crippen LogP contribution is 2.38. The maximum absolute atomic E-state index is 11.7. The molecule has 0 radical (unpaired) electrons. The first-order valence-electron chi connectivity index (χ1n) is 10.7. The Morgan fingerprint density at radius 3 is 2.52 bits per heavy atom. The van der Waals surface area contributed by atoms with Crippen LogP contribution >= 0.6 is 0 Å². The normalized spacial score (nSPS) is 14.4. The zero-order chi connectivity index (χ0) is 24.0. The summed E-state index contributed by atoms with van der Waals surface area (Å²) in [6.07, 6.45) is 2.13. The van der Waals surface area contributed by atoms with E-state index in [1.807, 2.05) is 24.1 Å². The van der Waals surface area contributed by atoms with Crippen molar-refractivity contribution in [1.82, 2.24) is 4.90 Å². The van der Waals surface area contributed by atoms with Crippen molar-refractivity contribution in [2.45, 2.75) is 25.4 Å². The predicted molar refractivity (Wildman–Crippen MR) is 128 cm³/mol. The van der Waals surface area contributed by atoms with E-state index in [1.54, 1.807) is 31.4 Å². The van der Waals surface area contributed by atoms with Crippen molar-refractivity contribution in [1.29, 1.82) is 0 Å². The van der Waals surface area contributed by atoms with Gasteiger partial charge in [0, 0.05) is 30.8 Å². The quantitative estimate of drug-likeness (QED) is 0.452. The van der Waals surface area contributed by atoms with Crippen molar-refractivity contribution in [3.05, 3.63) is 47.5 Å². The van der Waals surface area contributed by atoms with E-state index in [2.05, 4.69) is 10.0 Å². The topological polar surface area (TPSA) is 117 Å². The summed E-state index contributed by atoms with van der Waals surface area (Å²) in [7, 11) is 0.188.